The number of guanidine groups is 2. The number of fused-ring (bicyclic) bond motifs is 1. The first-order chi connectivity index (χ1) is 9.60. The zero-order chi connectivity index (χ0) is 15.8. The van der Waals surface area contributed by atoms with Gasteiger partial charge in [-0.25, -0.2) is 4.99 Å². The van der Waals surface area contributed by atoms with Crippen molar-refractivity contribution in [2.24, 2.45) is 27.2 Å². The van der Waals surface area contributed by atoms with E-state index in [9.17, 15) is 17.6 Å². The van der Waals surface area contributed by atoms with Crippen LogP contribution in [0.5, 0.6) is 11.5 Å². The zero-order valence-corrected chi connectivity index (χ0v) is 10.2. The SMILES string of the molecule is NC(N)=NC(N)=Nc1ccc2c(c1)OC(F)(F)C(F)(F)O2. The molecule has 21 heavy (non-hydrogen) atoms. The van der Waals surface area contributed by atoms with Crippen molar-refractivity contribution in [3.8, 4) is 11.5 Å². The fourth-order valence-corrected chi connectivity index (χ4v) is 1.41. The van der Waals surface area contributed by atoms with Crippen molar-refractivity contribution in [3.05, 3.63) is 18.2 Å². The lowest BCUT2D eigenvalue weighted by atomic mass is 10.2. The van der Waals surface area contributed by atoms with E-state index in [2.05, 4.69) is 19.5 Å². The molecular formula is C10H9F4N5O2. The van der Waals surface area contributed by atoms with Gasteiger partial charge >= 0.3 is 12.2 Å². The molecule has 1 aliphatic rings. The molecule has 6 N–H and O–H groups in total. The molecule has 7 nitrogen and oxygen atoms in total. The van der Waals surface area contributed by atoms with Crippen LogP contribution in [-0.2, 0) is 0 Å². The fraction of sp³-hybridized carbons (Fsp3) is 0.200. The first-order valence-electron chi connectivity index (χ1n) is 5.32. The molecule has 0 saturated carbocycles. The molecule has 0 spiro atoms. The molecule has 11 heteroatoms. The van der Waals surface area contributed by atoms with Crippen LogP contribution in [0, 0.1) is 0 Å². The molecule has 0 amide bonds. The summed E-state index contributed by atoms with van der Waals surface area (Å²) in [6.45, 7) is 0. The molecule has 1 aromatic rings. The molecular weight excluding hydrogens is 298 g/mol. The molecule has 1 heterocycles. The number of alkyl halides is 4. The number of rotatable bonds is 1. The van der Waals surface area contributed by atoms with Gasteiger partial charge in [0.2, 0.25) is 5.96 Å². The largest absolute Gasteiger partial charge is 0.507 e. The standard InChI is InChI=1S/C10H9F4N5O2/c11-9(12)10(13,14)21-6-3-4(1-2-5(6)20-9)18-8(17)19-7(15)16/h1-3H,(H6,15,16,17,18,19). The second-order valence-electron chi connectivity index (χ2n) is 3.88. The molecule has 0 fully saturated rings. The van der Waals surface area contributed by atoms with Gasteiger partial charge in [-0.3, -0.25) is 0 Å². The van der Waals surface area contributed by atoms with Crippen LogP contribution in [0.2, 0.25) is 0 Å². The number of aliphatic imine (C=N–C) groups is 2. The lowest BCUT2D eigenvalue weighted by Gasteiger charge is -2.31. The van der Waals surface area contributed by atoms with Crippen molar-refractivity contribution in [2.75, 3.05) is 0 Å². The van der Waals surface area contributed by atoms with E-state index >= 15 is 0 Å². The normalized spacial score (nSPS) is 19.0. The summed E-state index contributed by atoms with van der Waals surface area (Å²) < 4.78 is 59.7. The monoisotopic (exact) mass is 307 g/mol. The summed E-state index contributed by atoms with van der Waals surface area (Å²) in [5.41, 5.74) is 15.5. The van der Waals surface area contributed by atoms with Gasteiger partial charge in [-0.15, -0.1) is 0 Å². The van der Waals surface area contributed by atoms with Gasteiger partial charge in [0.1, 0.15) is 0 Å². The first kappa shape index (κ1) is 14.7. The Morgan fingerprint density at radius 2 is 1.52 bits per heavy atom. The van der Waals surface area contributed by atoms with Crippen LogP contribution in [0.25, 0.3) is 0 Å². The average molecular weight is 307 g/mol. The van der Waals surface area contributed by atoms with Gasteiger partial charge in [0.05, 0.1) is 5.69 Å². The van der Waals surface area contributed by atoms with Crippen molar-refractivity contribution in [2.45, 2.75) is 12.2 Å². The Bertz CT molecular complexity index is 628. The van der Waals surface area contributed by atoms with E-state index in [1.807, 2.05) is 0 Å². The lowest BCUT2D eigenvalue weighted by Crippen LogP contribution is -2.52. The summed E-state index contributed by atoms with van der Waals surface area (Å²) in [4.78, 5) is 7.07. The Labute approximate surface area is 115 Å². The highest BCUT2D eigenvalue weighted by atomic mass is 19.3. The van der Waals surface area contributed by atoms with Gasteiger partial charge in [-0.1, -0.05) is 0 Å². The van der Waals surface area contributed by atoms with Crippen LogP contribution in [0.1, 0.15) is 0 Å². The number of hydrogen-bond donors (Lipinski definition) is 3. The third-order valence-electron chi connectivity index (χ3n) is 2.23. The van der Waals surface area contributed by atoms with Crippen molar-refractivity contribution in [3.63, 3.8) is 0 Å². The minimum absolute atomic E-state index is 0.000802. The molecule has 114 valence electrons. The van der Waals surface area contributed by atoms with E-state index in [4.69, 9.17) is 17.2 Å². The highest BCUT2D eigenvalue weighted by Gasteiger charge is 2.65. The third kappa shape index (κ3) is 2.90. The van der Waals surface area contributed by atoms with E-state index in [1.54, 1.807) is 0 Å². The second kappa shape index (κ2) is 4.68. The van der Waals surface area contributed by atoms with E-state index in [0.29, 0.717) is 0 Å². The molecule has 0 unspecified atom stereocenters. The van der Waals surface area contributed by atoms with Crippen molar-refractivity contribution in [1.82, 2.24) is 0 Å². The van der Waals surface area contributed by atoms with Crippen molar-refractivity contribution < 1.29 is 27.0 Å². The fourth-order valence-electron chi connectivity index (χ4n) is 1.41. The Hall–Kier alpha value is -2.72. The number of hydrogen-bond acceptors (Lipinski definition) is 3. The molecule has 0 saturated heterocycles. The minimum Gasteiger partial charge on any atom is -0.421 e. The maximum atomic E-state index is 13.0. The number of nitrogens with two attached hydrogens (primary N) is 3. The van der Waals surface area contributed by atoms with Crippen molar-refractivity contribution in [1.29, 1.82) is 0 Å². The minimum atomic E-state index is -4.81. The van der Waals surface area contributed by atoms with E-state index in [1.165, 1.54) is 6.07 Å². The maximum absolute atomic E-state index is 13.0. The first-order valence-corrected chi connectivity index (χ1v) is 5.32. The highest BCUT2D eigenvalue weighted by molar-refractivity contribution is 5.93. The Kier molecular flexibility index (Phi) is 3.27. The smallest absolute Gasteiger partial charge is 0.421 e. The van der Waals surface area contributed by atoms with Crippen LogP contribution < -0.4 is 26.7 Å². The van der Waals surface area contributed by atoms with Crippen LogP contribution in [0.4, 0.5) is 23.2 Å². The number of nitrogens with zero attached hydrogens (tertiary/aromatic N) is 2. The molecule has 2 rings (SSSR count). The van der Waals surface area contributed by atoms with Gasteiger partial charge in [0.15, 0.2) is 17.5 Å². The topological polar surface area (TPSA) is 121 Å². The molecule has 0 aliphatic carbocycles. The van der Waals surface area contributed by atoms with Crippen molar-refractivity contribution >= 4 is 17.6 Å². The zero-order valence-electron chi connectivity index (χ0n) is 10.2. The lowest BCUT2D eigenvalue weighted by molar-refractivity contribution is -0.391. The second-order valence-corrected chi connectivity index (χ2v) is 3.88. The van der Waals surface area contributed by atoms with Gasteiger partial charge in [0.25, 0.3) is 0 Å². The van der Waals surface area contributed by atoms with Gasteiger partial charge in [-0.2, -0.15) is 22.6 Å². The highest BCUT2D eigenvalue weighted by Crippen LogP contribution is 2.47. The molecule has 0 aromatic heterocycles. The molecule has 0 radical (unpaired) electrons. The van der Waals surface area contributed by atoms with E-state index in [0.717, 1.165) is 12.1 Å². The summed E-state index contributed by atoms with van der Waals surface area (Å²) in [6, 6.07) is 3.07. The van der Waals surface area contributed by atoms with Crippen LogP contribution in [0.15, 0.2) is 28.2 Å². The summed E-state index contributed by atoms with van der Waals surface area (Å²) in [5, 5.41) is 0. The van der Waals surface area contributed by atoms with Gasteiger partial charge in [-0.05, 0) is 12.1 Å². The average Bonchev–Trinajstić information content (AvgIpc) is 2.29. The van der Waals surface area contributed by atoms with E-state index < -0.39 is 23.7 Å². The molecule has 0 atom stereocenters. The third-order valence-corrected chi connectivity index (χ3v) is 2.23. The summed E-state index contributed by atoms with van der Waals surface area (Å²) >= 11 is 0. The molecule has 0 bridgehead atoms. The predicted octanol–water partition coefficient (Wildman–Crippen LogP) is 0.863. The van der Waals surface area contributed by atoms with Crippen LogP contribution >= 0.6 is 0 Å². The number of benzene rings is 1. The number of halogens is 4. The predicted molar refractivity (Wildman–Crippen MR) is 64.7 cm³/mol. The van der Waals surface area contributed by atoms with E-state index in [-0.39, 0.29) is 17.6 Å². The Morgan fingerprint density at radius 3 is 2.10 bits per heavy atom. The summed E-state index contributed by atoms with van der Waals surface area (Å²) in [6.07, 6.45) is -9.59. The quantitative estimate of drug-likeness (QED) is 0.403. The van der Waals surface area contributed by atoms with Gasteiger partial charge in [0, 0.05) is 6.07 Å². The summed E-state index contributed by atoms with van der Waals surface area (Å²) in [7, 11) is 0. The number of ether oxygens (including phenoxy) is 2. The van der Waals surface area contributed by atoms with Crippen LogP contribution in [-0.4, -0.2) is 24.1 Å². The summed E-state index contributed by atoms with van der Waals surface area (Å²) in [5.74, 6) is -1.90. The Morgan fingerprint density at radius 1 is 0.952 bits per heavy atom. The molecule has 1 aliphatic heterocycles. The maximum Gasteiger partial charge on any atom is 0.507 e. The molecule has 1 aromatic carbocycles. The van der Waals surface area contributed by atoms with Gasteiger partial charge < -0.3 is 26.7 Å². The van der Waals surface area contributed by atoms with Crippen LogP contribution in [0.3, 0.4) is 0 Å². The Balaban J connectivity index is 2.36.